The second kappa shape index (κ2) is 7.28. The Kier molecular flexibility index (Phi) is 5.04. The average molecular weight is 401 g/mol. The predicted octanol–water partition coefficient (Wildman–Crippen LogP) is 4.77. The summed E-state index contributed by atoms with van der Waals surface area (Å²) in [6.07, 6.45) is -4.85. The normalized spacial score (nSPS) is 11.3. The number of benzene rings is 2. The molecule has 0 radical (unpaired) electrons. The second-order valence-corrected chi connectivity index (χ2v) is 5.57. The zero-order valence-electron chi connectivity index (χ0n) is 13.2. The molecule has 0 spiro atoms. The number of ether oxygens (including phenoxy) is 2. The molecular formula is C17H9ClF4N2O3. The molecule has 1 heterocycles. The largest absolute Gasteiger partial charge is 0.573 e. The smallest absolute Gasteiger partial charge is 0.408 e. The first-order chi connectivity index (χ1) is 12.8. The minimum absolute atomic E-state index is 0.109. The Balaban J connectivity index is 2.10. The Bertz CT molecular complexity index is 989. The quantitative estimate of drug-likeness (QED) is 0.457. The van der Waals surface area contributed by atoms with Crippen LogP contribution in [0.25, 0.3) is 16.9 Å². The van der Waals surface area contributed by atoms with Gasteiger partial charge in [-0.25, -0.2) is 9.07 Å². The molecule has 0 aliphatic carbocycles. The monoisotopic (exact) mass is 400 g/mol. The summed E-state index contributed by atoms with van der Waals surface area (Å²) in [4.78, 5) is 10.6. The molecule has 0 fully saturated rings. The van der Waals surface area contributed by atoms with Gasteiger partial charge < -0.3 is 9.47 Å². The van der Waals surface area contributed by atoms with Crippen molar-refractivity contribution in [3.05, 3.63) is 59.4 Å². The third-order valence-electron chi connectivity index (χ3n) is 3.37. The van der Waals surface area contributed by atoms with Crippen molar-refractivity contribution < 1.29 is 31.8 Å². The molecule has 27 heavy (non-hydrogen) atoms. The van der Waals surface area contributed by atoms with Crippen molar-refractivity contribution in [2.24, 2.45) is 0 Å². The zero-order chi connectivity index (χ0) is 19.6. The van der Waals surface area contributed by atoms with Crippen LogP contribution in [0.5, 0.6) is 11.6 Å². The molecule has 0 saturated heterocycles. The molecule has 0 amide bonds. The minimum Gasteiger partial charge on any atom is -0.408 e. The number of rotatable bonds is 5. The Labute approximate surface area is 154 Å². The number of aromatic nitrogens is 2. The van der Waals surface area contributed by atoms with E-state index >= 15 is 0 Å². The highest BCUT2D eigenvalue weighted by atomic mass is 35.5. The van der Waals surface area contributed by atoms with E-state index in [2.05, 4.69) is 9.84 Å². The van der Waals surface area contributed by atoms with Crippen molar-refractivity contribution >= 4 is 18.1 Å². The van der Waals surface area contributed by atoms with Gasteiger partial charge in [0.15, 0.2) is 0 Å². The average Bonchev–Trinajstić information content (AvgIpc) is 3.00. The number of halogens is 5. The van der Waals surface area contributed by atoms with E-state index < -0.39 is 17.9 Å². The van der Waals surface area contributed by atoms with E-state index in [4.69, 9.17) is 16.3 Å². The lowest BCUT2D eigenvalue weighted by Crippen LogP contribution is -2.17. The number of carbonyl (C=O) groups excluding carboxylic acids is 1. The lowest BCUT2D eigenvalue weighted by Gasteiger charge is -2.11. The summed E-state index contributed by atoms with van der Waals surface area (Å²) >= 11 is 5.78. The van der Waals surface area contributed by atoms with Gasteiger partial charge in [0.1, 0.15) is 11.6 Å². The van der Waals surface area contributed by atoms with Gasteiger partial charge in [0.25, 0.3) is 6.47 Å². The molecule has 0 bridgehead atoms. The van der Waals surface area contributed by atoms with E-state index in [0.717, 1.165) is 18.2 Å². The third-order valence-corrected chi connectivity index (χ3v) is 3.66. The van der Waals surface area contributed by atoms with E-state index in [-0.39, 0.29) is 28.6 Å². The van der Waals surface area contributed by atoms with Crippen LogP contribution in [0.1, 0.15) is 0 Å². The molecule has 0 unspecified atom stereocenters. The second-order valence-electron chi connectivity index (χ2n) is 5.17. The topological polar surface area (TPSA) is 53.4 Å². The van der Waals surface area contributed by atoms with Gasteiger partial charge in [-0.15, -0.1) is 18.3 Å². The summed E-state index contributed by atoms with van der Waals surface area (Å²) in [6, 6.07) is 10.2. The van der Waals surface area contributed by atoms with Crippen LogP contribution in [0.3, 0.4) is 0 Å². The first-order valence-corrected chi connectivity index (χ1v) is 7.66. The lowest BCUT2D eigenvalue weighted by atomic mass is 10.1. The molecule has 0 aliphatic heterocycles. The van der Waals surface area contributed by atoms with Crippen LogP contribution < -0.4 is 9.47 Å². The van der Waals surface area contributed by atoms with Gasteiger partial charge in [-0.1, -0.05) is 23.7 Å². The van der Waals surface area contributed by atoms with Crippen LogP contribution in [0.2, 0.25) is 5.02 Å². The molecule has 10 heteroatoms. The van der Waals surface area contributed by atoms with Crippen molar-refractivity contribution in [2.45, 2.75) is 6.36 Å². The third kappa shape index (κ3) is 4.37. The van der Waals surface area contributed by atoms with Crippen molar-refractivity contribution in [2.75, 3.05) is 0 Å². The minimum atomic E-state index is -4.85. The van der Waals surface area contributed by atoms with Crippen LogP contribution in [0, 0.1) is 5.82 Å². The number of carbonyl (C=O) groups is 1. The van der Waals surface area contributed by atoms with E-state index in [1.165, 1.54) is 35.0 Å². The lowest BCUT2D eigenvalue weighted by molar-refractivity contribution is -0.274. The van der Waals surface area contributed by atoms with Crippen LogP contribution >= 0.6 is 11.6 Å². The van der Waals surface area contributed by atoms with Gasteiger partial charge in [0, 0.05) is 11.6 Å². The Morgan fingerprint density at radius 3 is 2.56 bits per heavy atom. The van der Waals surface area contributed by atoms with Gasteiger partial charge in [-0.3, -0.25) is 4.79 Å². The number of hydrogen-bond acceptors (Lipinski definition) is 4. The fraction of sp³-hybridized carbons (Fsp3) is 0.0588. The van der Waals surface area contributed by atoms with Crippen LogP contribution in [0.4, 0.5) is 17.6 Å². The Hall–Kier alpha value is -3.07. The van der Waals surface area contributed by atoms with Gasteiger partial charge in [0.2, 0.25) is 5.88 Å². The van der Waals surface area contributed by atoms with Gasteiger partial charge in [0.05, 0.1) is 16.4 Å². The Morgan fingerprint density at radius 1 is 1.11 bits per heavy atom. The maximum atomic E-state index is 13.4. The Morgan fingerprint density at radius 2 is 1.89 bits per heavy atom. The van der Waals surface area contributed by atoms with Crippen LogP contribution in [-0.4, -0.2) is 22.6 Å². The molecule has 5 nitrogen and oxygen atoms in total. The van der Waals surface area contributed by atoms with E-state index in [1.54, 1.807) is 0 Å². The summed E-state index contributed by atoms with van der Waals surface area (Å²) in [6.45, 7) is 0.150. The first kappa shape index (κ1) is 18.7. The van der Waals surface area contributed by atoms with Crippen molar-refractivity contribution in [3.63, 3.8) is 0 Å². The van der Waals surface area contributed by atoms with Gasteiger partial charge in [-0.2, -0.15) is 0 Å². The van der Waals surface area contributed by atoms with Crippen molar-refractivity contribution in [1.82, 2.24) is 9.78 Å². The van der Waals surface area contributed by atoms with E-state index in [1.807, 2.05) is 0 Å². The summed E-state index contributed by atoms with van der Waals surface area (Å²) < 4.78 is 60.7. The molecule has 0 aliphatic rings. The molecule has 0 atom stereocenters. The van der Waals surface area contributed by atoms with E-state index in [0.29, 0.717) is 5.69 Å². The predicted molar refractivity (Wildman–Crippen MR) is 87.3 cm³/mol. The highest BCUT2D eigenvalue weighted by Gasteiger charge is 2.31. The van der Waals surface area contributed by atoms with Gasteiger partial charge in [-0.05, 0) is 30.3 Å². The molecular weight excluding hydrogens is 392 g/mol. The maximum absolute atomic E-state index is 13.4. The number of alkyl halides is 3. The molecule has 140 valence electrons. The summed E-state index contributed by atoms with van der Waals surface area (Å²) in [5.74, 6) is -1.20. The van der Waals surface area contributed by atoms with E-state index in [9.17, 15) is 22.4 Å². The number of hydrogen-bond donors (Lipinski definition) is 0. The van der Waals surface area contributed by atoms with Crippen molar-refractivity contribution in [3.8, 4) is 28.6 Å². The first-order valence-electron chi connectivity index (χ1n) is 7.29. The molecule has 1 aromatic heterocycles. The molecule has 0 saturated carbocycles. The zero-order valence-corrected chi connectivity index (χ0v) is 14.0. The van der Waals surface area contributed by atoms with Crippen molar-refractivity contribution in [1.29, 1.82) is 0 Å². The molecule has 3 aromatic rings. The number of nitrogens with zero attached hydrogens (tertiary/aromatic N) is 2. The van der Waals surface area contributed by atoms with Crippen LogP contribution in [0.15, 0.2) is 48.5 Å². The highest BCUT2D eigenvalue weighted by Crippen LogP contribution is 2.32. The SMILES string of the molecule is O=COc1cc(-c2cccc(OC(F)(F)F)c2)n(-c2ccc(F)c(Cl)c2)n1. The fourth-order valence-corrected chi connectivity index (χ4v) is 2.51. The molecule has 3 rings (SSSR count). The summed E-state index contributed by atoms with van der Waals surface area (Å²) in [5, 5.41) is 3.86. The summed E-state index contributed by atoms with van der Waals surface area (Å²) in [7, 11) is 0. The summed E-state index contributed by atoms with van der Waals surface area (Å²) in [5.41, 5.74) is 0.854. The standard InChI is InChI=1S/C17H9ClF4N2O3/c18-13-7-11(4-5-14(13)19)24-15(8-16(23-24)26-9-25)10-2-1-3-12(6-10)27-17(20,21)22/h1-9H. The maximum Gasteiger partial charge on any atom is 0.573 e. The molecule has 2 aromatic carbocycles. The fourth-order valence-electron chi connectivity index (χ4n) is 2.34. The van der Waals surface area contributed by atoms with Gasteiger partial charge >= 0.3 is 6.36 Å². The highest BCUT2D eigenvalue weighted by molar-refractivity contribution is 6.30. The van der Waals surface area contributed by atoms with Crippen LogP contribution in [-0.2, 0) is 4.79 Å². The molecule has 0 N–H and O–H groups in total.